The van der Waals surface area contributed by atoms with E-state index in [-0.39, 0.29) is 6.61 Å². The molecule has 1 heterocycles. The van der Waals surface area contributed by atoms with E-state index in [1.165, 1.54) is 44.1 Å². The second-order valence-electron chi connectivity index (χ2n) is 7.64. The lowest BCUT2D eigenvalue weighted by molar-refractivity contribution is 0.183. The van der Waals surface area contributed by atoms with E-state index >= 15 is 0 Å². The largest absolute Gasteiger partial charge is 0.489 e. The molecule has 2 nitrogen and oxygen atoms in total. The summed E-state index contributed by atoms with van der Waals surface area (Å²) in [5.41, 5.74) is 3.39. The van der Waals surface area contributed by atoms with Gasteiger partial charge in [-0.1, -0.05) is 83.1 Å². The number of aromatic nitrogens is 1. The number of unbranched alkanes of at least 4 members (excludes halogenated alkanes) is 6. The molecule has 2 aromatic rings. The molecule has 0 amide bonds. The Bertz CT molecular complexity index is 639. The van der Waals surface area contributed by atoms with Gasteiger partial charge in [0, 0.05) is 5.56 Å². The van der Waals surface area contributed by atoms with Crippen LogP contribution in [0.1, 0.15) is 77.2 Å². The molecule has 0 saturated carbocycles. The van der Waals surface area contributed by atoms with Gasteiger partial charge in [-0.2, -0.15) is 0 Å². The molecular weight excluding hydrogens is 349 g/mol. The van der Waals surface area contributed by atoms with E-state index < -0.39 is 6.17 Å². The van der Waals surface area contributed by atoms with Crippen LogP contribution in [0.4, 0.5) is 4.39 Å². The Hall–Kier alpha value is -1.90. The molecule has 0 saturated heterocycles. The maximum Gasteiger partial charge on any atom is 0.137 e. The van der Waals surface area contributed by atoms with E-state index in [1.807, 2.05) is 12.1 Å². The number of alkyl halides is 1. The molecule has 0 radical (unpaired) electrons. The predicted molar refractivity (Wildman–Crippen MR) is 117 cm³/mol. The van der Waals surface area contributed by atoms with Gasteiger partial charge in [-0.3, -0.25) is 4.98 Å². The third-order valence-electron chi connectivity index (χ3n) is 5.11. The first-order valence-electron chi connectivity index (χ1n) is 11.0. The van der Waals surface area contributed by atoms with Crippen LogP contribution in [0.25, 0.3) is 11.3 Å². The van der Waals surface area contributed by atoms with Gasteiger partial charge in [0.1, 0.15) is 18.5 Å². The molecule has 0 aliphatic carbocycles. The second-order valence-corrected chi connectivity index (χ2v) is 7.64. The summed E-state index contributed by atoms with van der Waals surface area (Å²) in [4.78, 5) is 4.48. The van der Waals surface area contributed by atoms with Crippen molar-refractivity contribution in [1.29, 1.82) is 0 Å². The fraction of sp³-hybridized carbons (Fsp3) is 0.560. The Morgan fingerprint density at radius 3 is 2.25 bits per heavy atom. The first-order chi connectivity index (χ1) is 13.7. The van der Waals surface area contributed by atoms with Gasteiger partial charge in [0.2, 0.25) is 0 Å². The highest BCUT2D eigenvalue weighted by molar-refractivity contribution is 5.59. The number of ether oxygens (including phenoxy) is 1. The Morgan fingerprint density at radius 1 is 0.857 bits per heavy atom. The lowest BCUT2D eigenvalue weighted by Crippen LogP contribution is -2.12. The van der Waals surface area contributed by atoms with Gasteiger partial charge in [-0.15, -0.1) is 0 Å². The number of pyridine rings is 1. The minimum atomic E-state index is -0.901. The molecule has 0 fully saturated rings. The van der Waals surface area contributed by atoms with Crippen molar-refractivity contribution < 1.29 is 9.13 Å². The number of benzene rings is 1. The van der Waals surface area contributed by atoms with Gasteiger partial charge in [0.05, 0.1) is 11.9 Å². The fourth-order valence-corrected chi connectivity index (χ4v) is 3.30. The van der Waals surface area contributed by atoms with E-state index in [9.17, 15) is 4.39 Å². The summed E-state index contributed by atoms with van der Waals surface area (Å²) in [6.07, 6.45) is 12.0. The standard InChI is InChI=1S/C25H36FNO/c1-3-5-7-8-10-12-23(26)20-28-24-17-18-25(27-19-24)22-15-13-21(14-16-22)11-9-6-4-2/h13-19,23H,3-12,20H2,1-2H3. The van der Waals surface area contributed by atoms with Gasteiger partial charge in [-0.25, -0.2) is 4.39 Å². The molecule has 1 aromatic heterocycles. The van der Waals surface area contributed by atoms with Crippen molar-refractivity contribution in [3.05, 3.63) is 48.2 Å². The van der Waals surface area contributed by atoms with Crippen molar-refractivity contribution in [2.75, 3.05) is 6.61 Å². The smallest absolute Gasteiger partial charge is 0.137 e. The zero-order chi connectivity index (χ0) is 20.0. The number of hydrogen-bond acceptors (Lipinski definition) is 2. The maximum atomic E-state index is 13.9. The minimum Gasteiger partial charge on any atom is -0.489 e. The molecule has 1 unspecified atom stereocenters. The Labute approximate surface area is 170 Å². The quantitative estimate of drug-likeness (QED) is 0.313. The SMILES string of the molecule is CCCCCCCC(F)COc1ccc(-c2ccc(CCCCC)cc2)nc1. The van der Waals surface area contributed by atoms with Gasteiger partial charge >= 0.3 is 0 Å². The number of hydrogen-bond donors (Lipinski definition) is 0. The second kappa shape index (κ2) is 13.3. The zero-order valence-corrected chi connectivity index (χ0v) is 17.6. The van der Waals surface area contributed by atoms with Gasteiger partial charge < -0.3 is 4.74 Å². The van der Waals surface area contributed by atoms with Crippen molar-refractivity contribution in [3.63, 3.8) is 0 Å². The average Bonchev–Trinajstić information content (AvgIpc) is 2.73. The van der Waals surface area contributed by atoms with Crippen molar-refractivity contribution >= 4 is 0 Å². The van der Waals surface area contributed by atoms with Crippen LogP contribution in [0, 0.1) is 0 Å². The monoisotopic (exact) mass is 385 g/mol. The molecule has 0 aliphatic heterocycles. The summed E-state index contributed by atoms with van der Waals surface area (Å²) in [6.45, 7) is 4.53. The number of rotatable bonds is 14. The van der Waals surface area contributed by atoms with E-state index in [0.29, 0.717) is 12.2 Å². The molecule has 1 atom stereocenters. The highest BCUT2D eigenvalue weighted by atomic mass is 19.1. The normalized spacial score (nSPS) is 12.1. The first kappa shape index (κ1) is 22.4. The van der Waals surface area contributed by atoms with E-state index in [4.69, 9.17) is 4.74 Å². The Morgan fingerprint density at radius 2 is 1.57 bits per heavy atom. The van der Waals surface area contributed by atoms with Crippen LogP contribution in [0.3, 0.4) is 0 Å². The van der Waals surface area contributed by atoms with Crippen LogP contribution in [0.5, 0.6) is 5.75 Å². The van der Waals surface area contributed by atoms with Crippen LogP contribution in [-0.4, -0.2) is 17.8 Å². The third kappa shape index (κ3) is 8.41. The summed E-state index contributed by atoms with van der Waals surface area (Å²) < 4.78 is 19.5. The molecule has 0 aliphatic rings. The topological polar surface area (TPSA) is 22.1 Å². The van der Waals surface area contributed by atoms with Crippen LogP contribution in [-0.2, 0) is 6.42 Å². The summed E-state index contributed by atoms with van der Waals surface area (Å²) in [5, 5.41) is 0. The number of nitrogens with zero attached hydrogens (tertiary/aromatic N) is 1. The van der Waals surface area contributed by atoms with Crippen LogP contribution in [0.15, 0.2) is 42.6 Å². The van der Waals surface area contributed by atoms with Gasteiger partial charge in [-0.05, 0) is 37.0 Å². The molecule has 2 rings (SSSR count). The van der Waals surface area contributed by atoms with Crippen LogP contribution < -0.4 is 4.74 Å². The zero-order valence-electron chi connectivity index (χ0n) is 17.6. The van der Waals surface area contributed by atoms with E-state index in [1.54, 1.807) is 6.20 Å². The lowest BCUT2D eigenvalue weighted by atomic mass is 10.0. The van der Waals surface area contributed by atoms with Gasteiger partial charge in [0.15, 0.2) is 0 Å². The molecule has 1 aromatic carbocycles. The summed E-state index contributed by atoms with van der Waals surface area (Å²) in [7, 11) is 0. The maximum absolute atomic E-state index is 13.9. The van der Waals surface area contributed by atoms with E-state index in [2.05, 4.69) is 43.1 Å². The molecule has 0 spiro atoms. The average molecular weight is 386 g/mol. The highest BCUT2D eigenvalue weighted by Gasteiger charge is 2.08. The first-order valence-corrected chi connectivity index (χ1v) is 11.0. The van der Waals surface area contributed by atoms with Crippen LogP contribution in [0.2, 0.25) is 0 Å². The molecule has 0 N–H and O–H groups in total. The Kier molecular flexibility index (Phi) is 10.6. The number of halogens is 1. The predicted octanol–water partition coefficient (Wildman–Crippen LogP) is 7.56. The number of aryl methyl sites for hydroxylation is 1. The summed E-state index contributed by atoms with van der Waals surface area (Å²) in [5.74, 6) is 0.633. The van der Waals surface area contributed by atoms with Crippen molar-refractivity contribution in [2.24, 2.45) is 0 Å². The summed E-state index contributed by atoms with van der Waals surface area (Å²) in [6, 6.07) is 12.4. The van der Waals surface area contributed by atoms with Crippen molar-refractivity contribution in [3.8, 4) is 17.0 Å². The molecule has 154 valence electrons. The van der Waals surface area contributed by atoms with E-state index in [0.717, 1.165) is 30.5 Å². The fourth-order valence-electron chi connectivity index (χ4n) is 3.30. The lowest BCUT2D eigenvalue weighted by Gasteiger charge is -2.11. The van der Waals surface area contributed by atoms with Gasteiger partial charge in [0.25, 0.3) is 0 Å². The summed E-state index contributed by atoms with van der Waals surface area (Å²) >= 11 is 0. The van der Waals surface area contributed by atoms with Crippen molar-refractivity contribution in [2.45, 2.75) is 84.2 Å². The molecule has 0 bridgehead atoms. The Balaban J connectivity index is 1.75. The molecule has 3 heteroatoms. The molecular formula is C25H36FNO. The third-order valence-corrected chi connectivity index (χ3v) is 5.11. The molecule has 28 heavy (non-hydrogen) atoms. The van der Waals surface area contributed by atoms with Crippen molar-refractivity contribution in [1.82, 2.24) is 4.98 Å². The van der Waals surface area contributed by atoms with Crippen LogP contribution >= 0.6 is 0 Å². The highest BCUT2D eigenvalue weighted by Crippen LogP contribution is 2.21. The minimum absolute atomic E-state index is 0.112.